The van der Waals surface area contributed by atoms with Gasteiger partial charge in [-0.15, -0.1) is 5.10 Å². The van der Waals surface area contributed by atoms with Gasteiger partial charge in [0.1, 0.15) is 11.9 Å². The summed E-state index contributed by atoms with van der Waals surface area (Å²) >= 11 is 0. The summed E-state index contributed by atoms with van der Waals surface area (Å²) in [6, 6.07) is 15.4. The minimum Gasteiger partial charge on any atom is -0.491 e. The molecule has 2 atom stereocenters. The summed E-state index contributed by atoms with van der Waals surface area (Å²) in [7, 11) is 0. The van der Waals surface area contributed by atoms with Gasteiger partial charge in [-0.1, -0.05) is 37.3 Å². The van der Waals surface area contributed by atoms with Crippen LogP contribution in [0.5, 0.6) is 5.75 Å². The van der Waals surface area contributed by atoms with Crippen LogP contribution in [-0.4, -0.2) is 73.9 Å². The van der Waals surface area contributed by atoms with Gasteiger partial charge in [0, 0.05) is 43.5 Å². The van der Waals surface area contributed by atoms with Crippen molar-refractivity contribution in [3.05, 3.63) is 88.2 Å². The second-order valence-electron chi connectivity index (χ2n) is 11.2. The lowest BCUT2D eigenvalue weighted by Crippen LogP contribution is -2.52. The van der Waals surface area contributed by atoms with E-state index in [-0.39, 0.29) is 35.4 Å². The summed E-state index contributed by atoms with van der Waals surface area (Å²) in [5.41, 5.74) is 3.12. The molecule has 6 rings (SSSR count). The number of H-pyrrole nitrogens is 1. The SMILES string of the molecule is Cc1cc(OC[C@H](C)c2ccccc2)cn2nc(C(O)CN3CC4(CCN(c5cc[nH]c(=O)c5)CC4)NC3=O)nc12. The van der Waals surface area contributed by atoms with E-state index in [1.54, 1.807) is 27.9 Å². The maximum absolute atomic E-state index is 12.9. The van der Waals surface area contributed by atoms with Gasteiger partial charge < -0.3 is 29.9 Å². The summed E-state index contributed by atoms with van der Waals surface area (Å²) in [6.07, 6.45) is 3.88. The molecule has 0 aliphatic carbocycles. The molecule has 0 bridgehead atoms. The van der Waals surface area contributed by atoms with E-state index in [2.05, 4.69) is 44.3 Å². The second-order valence-corrected chi connectivity index (χ2v) is 11.2. The van der Waals surface area contributed by atoms with Crippen molar-refractivity contribution in [3.8, 4) is 5.75 Å². The largest absolute Gasteiger partial charge is 0.491 e. The average molecular weight is 558 g/mol. The number of aromatic nitrogens is 4. The smallest absolute Gasteiger partial charge is 0.318 e. The summed E-state index contributed by atoms with van der Waals surface area (Å²) in [6.45, 7) is 6.62. The molecule has 4 aromatic rings. The van der Waals surface area contributed by atoms with E-state index < -0.39 is 6.10 Å². The van der Waals surface area contributed by atoms with Gasteiger partial charge in [-0.25, -0.2) is 14.3 Å². The van der Waals surface area contributed by atoms with E-state index >= 15 is 0 Å². The van der Waals surface area contributed by atoms with Crippen molar-refractivity contribution in [1.29, 1.82) is 0 Å². The number of anilines is 1. The van der Waals surface area contributed by atoms with Crippen molar-refractivity contribution in [2.75, 3.05) is 37.7 Å². The highest BCUT2D eigenvalue weighted by Gasteiger charge is 2.45. The van der Waals surface area contributed by atoms with E-state index in [4.69, 9.17) is 4.74 Å². The van der Waals surface area contributed by atoms with Gasteiger partial charge in [-0.3, -0.25) is 4.79 Å². The molecule has 3 N–H and O–H groups in total. The van der Waals surface area contributed by atoms with E-state index in [1.165, 1.54) is 5.56 Å². The number of carbonyl (C=O) groups excluding carboxylic acids is 1. The maximum atomic E-state index is 12.9. The number of aliphatic hydroxyl groups excluding tert-OH is 1. The average Bonchev–Trinajstić information content (AvgIpc) is 3.54. The molecular weight excluding hydrogens is 522 g/mol. The Bertz CT molecular complexity index is 1590. The first-order chi connectivity index (χ1) is 19.8. The Balaban J connectivity index is 1.08. The second kappa shape index (κ2) is 10.9. The molecule has 0 radical (unpaired) electrons. The van der Waals surface area contributed by atoms with Crippen LogP contribution >= 0.6 is 0 Å². The number of hydrogen-bond acceptors (Lipinski definition) is 7. The van der Waals surface area contributed by atoms with E-state index in [1.807, 2.05) is 37.3 Å². The maximum Gasteiger partial charge on any atom is 0.318 e. The third-order valence-electron chi connectivity index (χ3n) is 8.17. The standard InChI is InChI=1S/C30H35N7O4/c1-20-14-24(41-18-21(2)22-6-4-3-5-7-22)16-37-28(20)32-27(34-37)25(38)17-36-19-30(33-29(36)40)9-12-35(13-10-30)23-8-11-31-26(39)15-23/h3-8,11,14-16,21,25,38H,9-10,12-13,17-19H2,1-2H3,(H,31,39)(H,33,40)/t21-,25?/m0/s1. The van der Waals surface area contributed by atoms with Gasteiger partial charge in [0.15, 0.2) is 11.5 Å². The summed E-state index contributed by atoms with van der Waals surface area (Å²) < 4.78 is 7.71. The molecule has 11 nitrogen and oxygen atoms in total. The van der Waals surface area contributed by atoms with Gasteiger partial charge in [0.05, 0.1) is 24.9 Å². The summed E-state index contributed by atoms with van der Waals surface area (Å²) in [4.78, 5) is 35.6. The van der Waals surface area contributed by atoms with Crippen LogP contribution in [-0.2, 0) is 0 Å². The molecule has 2 aliphatic heterocycles. The monoisotopic (exact) mass is 557 g/mol. The normalized spacial score (nSPS) is 18.1. The van der Waals surface area contributed by atoms with E-state index in [9.17, 15) is 14.7 Å². The first-order valence-corrected chi connectivity index (χ1v) is 14.0. The number of piperidine rings is 1. The van der Waals surface area contributed by atoms with Gasteiger partial charge in [0.25, 0.3) is 0 Å². The Hall–Kier alpha value is -4.38. The van der Waals surface area contributed by atoms with Crippen LogP contribution in [0, 0.1) is 6.92 Å². The first kappa shape index (κ1) is 26.8. The molecule has 2 amide bonds. The molecule has 0 saturated carbocycles. The Labute approximate surface area is 237 Å². The summed E-state index contributed by atoms with van der Waals surface area (Å²) in [5.74, 6) is 1.17. The van der Waals surface area contributed by atoms with Crippen molar-refractivity contribution >= 4 is 17.4 Å². The molecule has 3 aromatic heterocycles. The number of carbonyl (C=O) groups is 1. The van der Waals surface area contributed by atoms with Crippen molar-refractivity contribution in [2.45, 2.75) is 44.2 Å². The molecule has 1 spiro atoms. The molecule has 214 valence electrons. The number of hydrogen-bond donors (Lipinski definition) is 3. The van der Waals surface area contributed by atoms with Crippen molar-refractivity contribution < 1.29 is 14.6 Å². The number of pyridine rings is 2. The lowest BCUT2D eigenvalue weighted by atomic mass is 9.88. The van der Waals surface area contributed by atoms with Crippen LogP contribution in [0.25, 0.3) is 5.65 Å². The molecule has 41 heavy (non-hydrogen) atoms. The highest BCUT2D eigenvalue weighted by Crippen LogP contribution is 2.31. The molecule has 2 aliphatic rings. The molecule has 2 saturated heterocycles. The van der Waals surface area contributed by atoms with Crippen LogP contribution in [0.1, 0.15) is 48.7 Å². The fraction of sp³-hybridized carbons (Fsp3) is 0.400. The quantitative estimate of drug-likeness (QED) is 0.304. The number of fused-ring (bicyclic) bond motifs is 1. The van der Waals surface area contributed by atoms with Gasteiger partial charge >= 0.3 is 6.03 Å². The number of urea groups is 1. The molecule has 1 aromatic carbocycles. The Morgan fingerprint density at radius 3 is 2.66 bits per heavy atom. The van der Waals surface area contributed by atoms with Crippen LogP contribution in [0.4, 0.5) is 10.5 Å². The number of aliphatic hydroxyl groups is 1. The zero-order chi connectivity index (χ0) is 28.6. The third-order valence-corrected chi connectivity index (χ3v) is 8.17. The Kier molecular flexibility index (Phi) is 7.12. The van der Waals surface area contributed by atoms with E-state index in [0.717, 1.165) is 37.2 Å². The third kappa shape index (κ3) is 5.62. The molecule has 11 heteroatoms. The molecule has 2 fully saturated rings. The number of nitrogens with zero attached hydrogens (tertiary/aromatic N) is 5. The zero-order valence-electron chi connectivity index (χ0n) is 23.3. The predicted octanol–water partition coefficient (Wildman–Crippen LogP) is 3.01. The lowest BCUT2D eigenvalue weighted by molar-refractivity contribution is 0.121. The van der Waals surface area contributed by atoms with Gasteiger partial charge in [-0.05, 0) is 43.0 Å². The van der Waals surface area contributed by atoms with Crippen molar-refractivity contribution in [1.82, 2.24) is 29.8 Å². The fourth-order valence-corrected chi connectivity index (χ4v) is 5.78. The molecule has 1 unspecified atom stereocenters. The minimum atomic E-state index is -1.03. The first-order valence-electron chi connectivity index (χ1n) is 14.0. The zero-order valence-corrected chi connectivity index (χ0v) is 23.3. The number of benzene rings is 1. The number of β-amino-alcohol motifs (C(OH)–C–C–N with tert-alkyl or cyclic N) is 1. The number of amides is 2. The number of aryl methyl sites for hydroxylation is 1. The minimum absolute atomic E-state index is 0.0965. The predicted molar refractivity (Wildman–Crippen MR) is 154 cm³/mol. The highest BCUT2D eigenvalue weighted by molar-refractivity contribution is 5.78. The number of nitrogens with one attached hydrogen (secondary N) is 2. The number of ether oxygens (including phenoxy) is 1. The summed E-state index contributed by atoms with van der Waals surface area (Å²) in [5, 5.41) is 18.7. The number of aromatic amines is 1. The molecular formula is C30H35N7O4. The van der Waals surface area contributed by atoms with Crippen molar-refractivity contribution in [2.24, 2.45) is 0 Å². The van der Waals surface area contributed by atoms with Crippen LogP contribution < -0.4 is 20.5 Å². The molecule has 5 heterocycles. The van der Waals surface area contributed by atoms with Crippen LogP contribution in [0.2, 0.25) is 0 Å². The van der Waals surface area contributed by atoms with Gasteiger partial charge in [-0.2, -0.15) is 0 Å². The lowest BCUT2D eigenvalue weighted by Gasteiger charge is -2.39. The van der Waals surface area contributed by atoms with Crippen LogP contribution in [0.3, 0.4) is 0 Å². The Morgan fingerprint density at radius 1 is 1.12 bits per heavy atom. The van der Waals surface area contributed by atoms with Gasteiger partial charge in [0.2, 0.25) is 5.56 Å². The van der Waals surface area contributed by atoms with E-state index in [0.29, 0.717) is 24.5 Å². The fourth-order valence-electron chi connectivity index (χ4n) is 5.78. The van der Waals surface area contributed by atoms with Crippen molar-refractivity contribution in [3.63, 3.8) is 0 Å². The number of rotatable bonds is 8. The topological polar surface area (TPSA) is 128 Å². The highest BCUT2D eigenvalue weighted by atomic mass is 16.5. The Morgan fingerprint density at radius 2 is 1.90 bits per heavy atom. The van der Waals surface area contributed by atoms with Crippen LogP contribution in [0.15, 0.2) is 65.7 Å².